The van der Waals surface area contributed by atoms with Crippen LogP contribution < -0.4 is 5.32 Å². The van der Waals surface area contributed by atoms with Crippen molar-refractivity contribution in [3.05, 3.63) is 28.2 Å². The molecule has 112 valence electrons. The van der Waals surface area contributed by atoms with Crippen LogP contribution in [0.4, 0.5) is 0 Å². The van der Waals surface area contributed by atoms with Gasteiger partial charge in [-0.05, 0) is 56.5 Å². The third-order valence-corrected chi connectivity index (χ3v) is 5.91. The molecule has 0 aromatic heterocycles. The highest BCUT2D eigenvalue weighted by Gasteiger charge is 2.18. The summed E-state index contributed by atoms with van der Waals surface area (Å²) < 4.78 is 1.19. The van der Waals surface area contributed by atoms with E-state index in [9.17, 15) is 0 Å². The lowest BCUT2D eigenvalue weighted by Gasteiger charge is -2.24. The Bertz CT molecular complexity index is 415. The molecule has 0 saturated heterocycles. The molecule has 0 heterocycles. The number of rotatable bonds is 6. The maximum absolute atomic E-state index is 3.62. The van der Waals surface area contributed by atoms with Gasteiger partial charge in [0.15, 0.2) is 0 Å². The summed E-state index contributed by atoms with van der Waals surface area (Å²) in [5.41, 5.74) is 1.45. The first kappa shape index (κ1) is 16.4. The van der Waals surface area contributed by atoms with E-state index >= 15 is 0 Å². The number of nitrogens with one attached hydrogen (secondary N) is 1. The highest BCUT2D eigenvalue weighted by molar-refractivity contribution is 9.10. The maximum atomic E-state index is 3.62. The Morgan fingerprint density at radius 2 is 2.05 bits per heavy atom. The predicted molar refractivity (Wildman–Crippen MR) is 93.6 cm³/mol. The Morgan fingerprint density at radius 3 is 2.75 bits per heavy atom. The van der Waals surface area contributed by atoms with Crippen LogP contribution in [-0.2, 0) is 0 Å². The fraction of sp³-hybridized carbons (Fsp3) is 0.647. The minimum Gasteiger partial charge on any atom is -0.310 e. The lowest BCUT2D eigenvalue weighted by Crippen LogP contribution is -2.20. The summed E-state index contributed by atoms with van der Waals surface area (Å²) in [7, 11) is 0. The van der Waals surface area contributed by atoms with Gasteiger partial charge in [-0.2, -0.15) is 0 Å². The predicted octanol–water partition coefficient (Wildman–Crippen LogP) is 5.93. The van der Waals surface area contributed by atoms with Gasteiger partial charge in [-0.1, -0.05) is 42.1 Å². The molecule has 0 spiro atoms. The summed E-state index contributed by atoms with van der Waals surface area (Å²) in [6, 6.07) is 7.20. The molecule has 1 unspecified atom stereocenters. The molecule has 1 nitrogen and oxygen atoms in total. The van der Waals surface area contributed by atoms with Gasteiger partial charge in [0.05, 0.1) is 0 Å². The van der Waals surface area contributed by atoms with Gasteiger partial charge in [-0.15, -0.1) is 11.8 Å². The molecule has 1 aromatic carbocycles. The van der Waals surface area contributed by atoms with Gasteiger partial charge in [-0.25, -0.2) is 0 Å². The molecule has 2 rings (SSSR count). The van der Waals surface area contributed by atoms with E-state index in [1.165, 1.54) is 53.5 Å². The first-order chi connectivity index (χ1) is 9.70. The largest absolute Gasteiger partial charge is 0.310 e. The van der Waals surface area contributed by atoms with Crippen LogP contribution in [0.1, 0.15) is 64.0 Å². The molecule has 1 saturated carbocycles. The third-order valence-electron chi connectivity index (χ3n) is 3.98. The van der Waals surface area contributed by atoms with E-state index in [0.29, 0.717) is 6.04 Å². The minimum absolute atomic E-state index is 0.429. The lowest BCUT2D eigenvalue weighted by molar-refractivity contribution is 0.515. The van der Waals surface area contributed by atoms with Crippen LogP contribution in [0.15, 0.2) is 27.6 Å². The molecule has 0 bridgehead atoms. The summed E-state index contributed by atoms with van der Waals surface area (Å²) in [6.45, 7) is 5.59. The minimum atomic E-state index is 0.429. The van der Waals surface area contributed by atoms with Crippen molar-refractivity contribution < 1.29 is 0 Å². The van der Waals surface area contributed by atoms with Crippen molar-refractivity contribution in [1.29, 1.82) is 0 Å². The van der Waals surface area contributed by atoms with Gasteiger partial charge in [0, 0.05) is 20.7 Å². The van der Waals surface area contributed by atoms with Gasteiger partial charge in [-0.3, -0.25) is 0 Å². The van der Waals surface area contributed by atoms with Gasteiger partial charge in [0.2, 0.25) is 0 Å². The standard InChI is InChI=1S/C17H26BrNS/c1-3-11-19-13(2)16-12-14(18)9-10-17(16)20-15-7-5-4-6-8-15/h9-10,12-13,15,19H,3-8,11H2,1-2H3. The Labute approximate surface area is 136 Å². The second kappa shape index (κ2) is 8.45. The quantitative estimate of drug-likeness (QED) is 0.677. The summed E-state index contributed by atoms with van der Waals surface area (Å²) in [5, 5.41) is 4.44. The Hall–Kier alpha value is 0.01000. The van der Waals surface area contributed by atoms with E-state index in [1.54, 1.807) is 0 Å². The molecular weight excluding hydrogens is 330 g/mol. The maximum Gasteiger partial charge on any atom is 0.0303 e. The lowest BCUT2D eigenvalue weighted by atomic mass is 10.0. The Balaban J connectivity index is 2.09. The molecule has 3 heteroatoms. The topological polar surface area (TPSA) is 12.0 Å². The SMILES string of the molecule is CCCNC(C)c1cc(Br)ccc1SC1CCCCC1. The number of hydrogen-bond acceptors (Lipinski definition) is 2. The van der Waals surface area contributed by atoms with Crippen molar-refractivity contribution in [3.8, 4) is 0 Å². The smallest absolute Gasteiger partial charge is 0.0303 e. The Kier molecular flexibility index (Phi) is 6.92. The second-order valence-corrected chi connectivity index (χ2v) is 7.99. The molecule has 20 heavy (non-hydrogen) atoms. The zero-order valence-corrected chi connectivity index (χ0v) is 15.0. The van der Waals surface area contributed by atoms with Crippen molar-refractivity contribution in [2.24, 2.45) is 0 Å². The van der Waals surface area contributed by atoms with Crippen LogP contribution in [0.3, 0.4) is 0 Å². The van der Waals surface area contributed by atoms with E-state index in [1.807, 2.05) is 0 Å². The fourth-order valence-electron chi connectivity index (χ4n) is 2.80. The summed E-state index contributed by atoms with van der Waals surface area (Å²) >= 11 is 5.72. The molecule has 0 aliphatic heterocycles. The third kappa shape index (κ3) is 4.78. The van der Waals surface area contributed by atoms with E-state index in [4.69, 9.17) is 0 Å². The van der Waals surface area contributed by atoms with Crippen LogP contribution in [0.2, 0.25) is 0 Å². The molecule has 1 aliphatic rings. The number of benzene rings is 1. The average molecular weight is 356 g/mol. The van der Waals surface area contributed by atoms with Crippen molar-refractivity contribution in [1.82, 2.24) is 5.32 Å². The molecule has 1 fully saturated rings. The van der Waals surface area contributed by atoms with Gasteiger partial charge in [0.25, 0.3) is 0 Å². The van der Waals surface area contributed by atoms with Crippen LogP contribution in [0.25, 0.3) is 0 Å². The normalized spacial score (nSPS) is 18.1. The molecular formula is C17H26BrNS. The molecule has 0 radical (unpaired) electrons. The van der Waals surface area contributed by atoms with Crippen molar-refractivity contribution in [2.45, 2.75) is 68.6 Å². The number of thioether (sulfide) groups is 1. The molecule has 1 aromatic rings. The van der Waals surface area contributed by atoms with E-state index in [-0.39, 0.29) is 0 Å². The molecule has 1 aliphatic carbocycles. The fourth-order valence-corrected chi connectivity index (χ4v) is 4.62. The highest BCUT2D eigenvalue weighted by Crippen LogP contribution is 2.38. The first-order valence-electron chi connectivity index (χ1n) is 7.90. The van der Waals surface area contributed by atoms with Crippen LogP contribution in [-0.4, -0.2) is 11.8 Å². The zero-order valence-electron chi connectivity index (χ0n) is 12.6. The monoisotopic (exact) mass is 355 g/mol. The zero-order chi connectivity index (χ0) is 14.4. The van der Waals surface area contributed by atoms with Crippen LogP contribution >= 0.6 is 27.7 Å². The second-order valence-electron chi connectivity index (χ2n) is 5.74. The summed E-state index contributed by atoms with van der Waals surface area (Å²) in [4.78, 5) is 1.47. The van der Waals surface area contributed by atoms with Crippen LogP contribution in [0, 0.1) is 0 Å². The van der Waals surface area contributed by atoms with Crippen molar-refractivity contribution in [3.63, 3.8) is 0 Å². The molecule has 0 amide bonds. The highest BCUT2D eigenvalue weighted by atomic mass is 79.9. The first-order valence-corrected chi connectivity index (χ1v) is 9.57. The van der Waals surface area contributed by atoms with E-state index < -0.39 is 0 Å². The van der Waals surface area contributed by atoms with Gasteiger partial charge < -0.3 is 5.32 Å². The molecule has 1 atom stereocenters. The van der Waals surface area contributed by atoms with Gasteiger partial charge in [0.1, 0.15) is 0 Å². The van der Waals surface area contributed by atoms with E-state index in [2.05, 4.69) is 65.1 Å². The van der Waals surface area contributed by atoms with Crippen LogP contribution in [0.5, 0.6) is 0 Å². The van der Waals surface area contributed by atoms with Gasteiger partial charge >= 0.3 is 0 Å². The molecule has 1 N–H and O–H groups in total. The number of halogens is 1. The number of hydrogen-bond donors (Lipinski definition) is 1. The average Bonchev–Trinajstić information content (AvgIpc) is 2.47. The summed E-state index contributed by atoms with van der Waals surface area (Å²) in [5.74, 6) is 0. The van der Waals surface area contributed by atoms with E-state index in [0.717, 1.165) is 11.8 Å². The summed E-state index contributed by atoms with van der Waals surface area (Å²) in [6.07, 6.45) is 8.20. The Morgan fingerprint density at radius 1 is 1.30 bits per heavy atom. The van der Waals surface area contributed by atoms with Crippen molar-refractivity contribution in [2.75, 3.05) is 6.54 Å². The van der Waals surface area contributed by atoms with Crippen molar-refractivity contribution >= 4 is 27.7 Å².